The zero-order valence-corrected chi connectivity index (χ0v) is 9.15. The lowest BCUT2D eigenvalue weighted by molar-refractivity contribution is -0.136. The number of rotatable bonds is 7. The van der Waals surface area contributed by atoms with Crippen molar-refractivity contribution in [1.29, 1.82) is 0 Å². The van der Waals surface area contributed by atoms with Gasteiger partial charge in [0.25, 0.3) is 0 Å². The molecule has 16 heavy (non-hydrogen) atoms. The molecule has 1 rings (SSSR count). The Kier molecular flexibility index (Phi) is 5.53. The Morgan fingerprint density at radius 2 is 1.94 bits per heavy atom. The molecule has 0 bridgehead atoms. The second kappa shape index (κ2) is 6.98. The van der Waals surface area contributed by atoms with Gasteiger partial charge in [0, 0.05) is 13.2 Å². The summed E-state index contributed by atoms with van der Waals surface area (Å²) in [6.45, 7) is 1.55. The number of aliphatic hydroxyl groups is 1. The molecule has 0 aromatic heterocycles. The van der Waals surface area contributed by atoms with Gasteiger partial charge in [-0.15, -0.1) is 0 Å². The van der Waals surface area contributed by atoms with Gasteiger partial charge in [-0.1, -0.05) is 24.3 Å². The number of nitrogens with one attached hydrogen (secondary N) is 1. The largest absolute Gasteiger partial charge is 0.481 e. The maximum Gasteiger partial charge on any atom is 0.307 e. The number of benzene rings is 1. The lowest BCUT2D eigenvalue weighted by Crippen LogP contribution is -2.17. The van der Waals surface area contributed by atoms with Gasteiger partial charge in [0.2, 0.25) is 0 Å². The topological polar surface area (TPSA) is 69.6 Å². The molecule has 0 spiro atoms. The molecule has 4 heteroatoms. The Labute approximate surface area is 94.9 Å². The summed E-state index contributed by atoms with van der Waals surface area (Å²) in [6, 6.07) is 7.49. The summed E-state index contributed by atoms with van der Waals surface area (Å²) in [5.74, 6) is -0.817. The third-order valence-corrected chi connectivity index (χ3v) is 2.29. The third-order valence-electron chi connectivity index (χ3n) is 2.29. The summed E-state index contributed by atoms with van der Waals surface area (Å²) < 4.78 is 0. The van der Waals surface area contributed by atoms with E-state index in [1.807, 2.05) is 24.3 Å². The highest BCUT2D eigenvalue weighted by atomic mass is 16.4. The summed E-state index contributed by atoms with van der Waals surface area (Å²) in [6.07, 6.45) is 0.763. The number of hydrogen-bond donors (Lipinski definition) is 3. The Hall–Kier alpha value is -1.39. The van der Waals surface area contributed by atoms with Gasteiger partial charge in [0.15, 0.2) is 0 Å². The quantitative estimate of drug-likeness (QED) is 0.598. The maximum atomic E-state index is 10.6. The molecule has 1 aromatic rings. The summed E-state index contributed by atoms with van der Waals surface area (Å²) >= 11 is 0. The second-order valence-electron chi connectivity index (χ2n) is 3.59. The first-order chi connectivity index (χ1) is 7.74. The highest BCUT2D eigenvalue weighted by Gasteiger charge is 2.05. The average Bonchev–Trinajstić information content (AvgIpc) is 2.26. The van der Waals surface area contributed by atoms with Gasteiger partial charge in [-0.05, 0) is 24.1 Å². The first kappa shape index (κ1) is 12.7. The van der Waals surface area contributed by atoms with E-state index in [4.69, 9.17) is 10.2 Å². The minimum atomic E-state index is -0.817. The second-order valence-corrected chi connectivity index (χ2v) is 3.59. The number of carboxylic acids is 1. The number of aliphatic carboxylic acids is 1. The SMILES string of the molecule is O=C(O)Cc1ccccc1CNCCCO. The van der Waals surface area contributed by atoms with Crippen LogP contribution in [0.5, 0.6) is 0 Å². The van der Waals surface area contributed by atoms with Crippen LogP contribution in [0.1, 0.15) is 17.5 Å². The fourth-order valence-electron chi connectivity index (χ4n) is 1.49. The zero-order chi connectivity index (χ0) is 11.8. The van der Waals surface area contributed by atoms with Gasteiger partial charge in [0.1, 0.15) is 0 Å². The molecule has 0 heterocycles. The molecule has 0 aliphatic heterocycles. The van der Waals surface area contributed by atoms with Gasteiger partial charge >= 0.3 is 5.97 Å². The Morgan fingerprint density at radius 3 is 2.56 bits per heavy atom. The van der Waals surface area contributed by atoms with Crippen molar-refractivity contribution in [1.82, 2.24) is 5.32 Å². The highest BCUT2D eigenvalue weighted by Crippen LogP contribution is 2.09. The van der Waals surface area contributed by atoms with Crippen molar-refractivity contribution < 1.29 is 15.0 Å². The Balaban J connectivity index is 2.53. The van der Waals surface area contributed by atoms with E-state index in [-0.39, 0.29) is 13.0 Å². The minimum Gasteiger partial charge on any atom is -0.481 e. The van der Waals surface area contributed by atoms with E-state index in [1.54, 1.807) is 0 Å². The lowest BCUT2D eigenvalue weighted by atomic mass is 10.0. The van der Waals surface area contributed by atoms with Crippen LogP contribution < -0.4 is 5.32 Å². The van der Waals surface area contributed by atoms with Gasteiger partial charge in [0.05, 0.1) is 6.42 Å². The van der Waals surface area contributed by atoms with E-state index in [9.17, 15) is 4.79 Å². The minimum absolute atomic E-state index is 0.0534. The molecule has 0 aliphatic rings. The van der Waals surface area contributed by atoms with Crippen LogP contribution in [-0.4, -0.2) is 29.3 Å². The van der Waals surface area contributed by atoms with Gasteiger partial charge in [-0.25, -0.2) is 0 Å². The summed E-state index contributed by atoms with van der Waals surface area (Å²) in [4.78, 5) is 10.6. The fraction of sp³-hybridized carbons (Fsp3) is 0.417. The molecule has 4 nitrogen and oxygen atoms in total. The van der Waals surface area contributed by atoms with Crippen LogP contribution in [0.4, 0.5) is 0 Å². The number of hydrogen-bond acceptors (Lipinski definition) is 3. The van der Waals surface area contributed by atoms with E-state index >= 15 is 0 Å². The number of carbonyl (C=O) groups is 1. The molecule has 0 aliphatic carbocycles. The molecule has 0 amide bonds. The van der Waals surface area contributed by atoms with Crippen LogP contribution in [0.3, 0.4) is 0 Å². The molecule has 0 saturated heterocycles. The van der Waals surface area contributed by atoms with Crippen LogP contribution >= 0.6 is 0 Å². The van der Waals surface area contributed by atoms with Crippen LogP contribution in [-0.2, 0) is 17.8 Å². The van der Waals surface area contributed by atoms with Crippen LogP contribution in [0, 0.1) is 0 Å². The smallest absolute Gasteiger partial charge is 0.307 e. The first-order valence-corrected chi connectivity index (χ1v) is 5.34. The van der Waals surface area contributed by atoms with Gasteiger partial charge in [-0.2, -0.15) is 0 Å². The standard InChI is InChI=1S/C12H17NO3/c14-7-3-6-13-9-11-5-2-1-4-10(11)8-12(15)16/h1-2,4-5,13-14H,3,6-9H2,(H,15,16). The molecular weight excluding hydrogens is 206 g/mol. The zero-order valence-electron chi connectivity index (χ0n) is 9.15. The van der Waals surface area contributed by atoms with Crippen molar-refractivity contribution >= 4 is 5.97 Å². The normalized spacial score (nSPS) is 10.3. The summed E-state index contributed by atoms with van der Waals surface area (Å²) in [7, 11) is 0. The fourth-order valence-corrected chi connectivity index (χ4v) is 1.49. The predicted molar refractivity (Wildman–Crippen MR) is 61.2 cm³/mol. The Bertz CT molecular complexity index is 339. The Morgan fingerprint density at radius 1 is 1.25 bits per heavy atom. The maximum absolute atomic E-state index is 10.6. The number of carboxylic acid groups (broad SMARTS) is 1. The third kappa shape index (κ3) is 4.42. The van der Waals surface area contributed by atoms with E-state index < -0.39 is 5.97 Å². The van der Waals surface area contributed by atoms with Crippen molar-refractivity contribution in [2.24, 2.45) is 0 Å². The van der Waals surface area contributed by atoms with Crippen molar-refractivity contribution in [2.45, 2.75) is 19.4 Å². The molecule has 1 aromatic carbocycles. The molecular formula is C12H17NO3. The molecule has 88 valence electrons. The molecule has 3 N–H and O–H groups in total. The van der Waals surface area contributed by atoms with Crippen LogP contribution in [0.2, 0.25) is 0 Å². The summed E-state index contributed by atoms with van der Waals surface area (Å²) in [5, 5.41) is 20.5. The number of aliphatic hydroxyl groups excluding tert-OH is 1. The van der Waals surface area contributed by atoms with Crippen molar-refractivity contribution in [3.05, 3.63) is 35.4 Å². The van der Waals surface area contributed by atoms with Crippen molar-refractivity contribution in [3.8, 4) is 0 Å². The van der Waals surface area contributed by atoms with Crippen LogP contribution in [0.25, 0.3) is 0 Å². The molecule has 0 fully saturated rings. The summed E-state index contributed by atoms with van der Waals surface area (Å²) in [5.41, 5.74) is 1.84. The van der Waals surface area contributed by atoms with Gasteiger partial charge < -0.3 is 15.5 Å². The van der Waals surface area contributed by atoms with Crippen molar-refractivity contribution in [2.75, 3.05) is 13.2 Å². The van der Waals surface area contributed by atoms with E-state index in [0.717, 1.165) is 17.7 Å². The molecule has 0 atom stereocenters. The van der Waals surface area contributed by atoms with E-state index in [0.29, 0.717) is 13.0 Å². The van der Waals surface area contributed by atoms with Crippen molar-refractivity contribution in [3.63, 3.8) is 0 Å². The predicted octanol–water partition coefficient (Wildman–Crippen LogP) is 0.786. The van der Waals surface area contributed by atoms with E-state index in [1.165, 1.54) is 0 Å². The average molecular weight is 223 g/mol. The molecule has 0 radical (unpaired) electrons. The monoisotopic (exact) mass is 223 g/mol. The highest BCUT2D eigenvalue weighted by molar-refractivity contribution is 5.70. The van der Waals surface area contributed by atoms with E-state index in [2.05, 4.69) is 5.32 Å². The van der Waals surface area contributed by atoms with Gasteiger partial charge in [-0.3, -0.25) is 4.79 Å². The first-order valence-electron chi connectivity index (χ1n) is 5.34. The molecule has 0 unspecified atom stereocenters. The lowest BCUT2D eigenvalue weighted by Gasteiger charge is -2.08. The van der Waals surface area contributed by atoms with Crippen LogP contribution in [0.15, 0.2) is 24.3 Å². The molecule has 0 saturated carbocycles.